The number of unbranched alkanes of at least 4 members (excludes halogenated alkanes) is 1. The monoisotopic (exact) mass is 1180 g/mol. The van der Waals surface area contributed by atoms with Crippen LogP contribution < -0.4 is 54.4 Å². The van der Waals surface area contributed by atoms with Gasteiger partial charge in [-0.2, -0.15) is 0 Å². The molecule has 3 heterocycles. The molecule has 9 atom stereocenters. The molecule has 0 radical (unpaired) electrons. The molecule has 21 nitrogen and oxygen atoms in total. The lowest BCUT2D eigenvalue weighted by Crippen LogP contribution is -2.62. The third kappa shape index (κ3) is 18.5. The molecule has 0 aliphatic carbocycles. The van der Waals surface area contributed by atoms with E-state index in [4.69, 9.17) is 28.8 Å². The Morgan fingerprint density at radius 3 is 2.00 bits per heavy atom. The van der Waals surface area contributed by atoms with Crippen molar-refractivity contribution in [1.29, 1.82) is 0 Å². The smallest absolute Gasteiger partial charge is 0.245 e. The fourth-order valence-electron chi connectivity index (χ4n) is 9.08. The van der Waals surface area contributed by atoms with E-state index in [1.807, 2.05) is 66.7 Å². The van der Waals surface area contributed by atoms with Crippen LogP contribution in [-0.2, 0) is 64.0 Å². The number of fused-ring (bicyclic) bond motifs is 2. The number of pyridine rings is 1. The average molecular weight is 1180 g/mol. The van der Waals surface area contributed by atoms with E-state index in [1.165, 1.54) is 19.3 Å². The first kappa shape index (κ1) is 63.6. The molecule has 1 saturated heterocycles. The van der Waals surface area contributed by atoms with E-state index in [9.17, 15) is 43.5 Å². The Morgan fingerprint density at radius 2 is 1.32 bits per heavy atom. The summed E-state index contributed by atoms with van der Waals surface area (Å²) < 4.78 is 0. The van der Waals surface area contributed by atoms with Crippen LogP contribution in [0.1, 0.15) is 56.0 Å². The van der Waals surface area contributed by atoms with Crippen LogP contribution in [0.4, 0.5) is 0 Å². The van der Waals surface area contributed by atoms with Crippen molar-refractivity contribution < 1.29 is 43.5 Å². The summed E-state index contributed by atoms with van der Waals surface area (Å²) in [6.45, 7) is 1.51. The highest BCUT2D eigenvalue weighted by Gasteiger charge is 2.37. The van der Waals surface area contributed by atoms with Crippen molar-refractivity contribution in [3.63, 3.8) is 0 Å². The largest absolute Gasteiger partial charge is 0.391 e. The number of nitrogens with two attached hydrogens (primary N) is 3. The van der Waals surface area contributed by atoms with E-state index < -0.39 is 102 Å². The Morgan fingerprint density at radius 1 is 0.695 bits per heavy atom. The molecule has 82 heavy (non-hydrogen) atoms. The first-order valence-electron chi connectivity index (χ1n) is 26.4. The van der Waals surface area contributed by atoms with Gasteiger partial charge >= 0.3 is 0 Å². The zero-order valence-electron chi connectivity index (χ0n) is 44.4. The van der Waals surface area contributed by atoms with Crippen molar-refractivity contribution in [1.82, 2.24) is 47.2 Å². The minimum atomic E-state index is -1.70. The highest BCUT2D eigenvalue weighted by atomic mass is 35.5. The van der Waals surface area contributed by atoms with Crippen LogP contribution in [0, 0.1) is 0 Å². The van der Waals surface area contributed by atoms with Crippen LogP contribution in [0.3, 0.4) is 0 Å². The third-order valence-electron chi connectivity index (χ3n) is 13.5. The van der Waals surface area contributed by atoms with Crippen LogP contribution in [0.5, 0.6) is 0 Å². The average Bonchev–Trinajstić information content (AvgIpc) is 4.07. The van der Waals surface area contributed by atoms with Gasteiger partial charge in [0.25, 0.3) is 0 Å². The van der Waals surface area contributed by atoms with Crippen LogP contribution in [-0.4, -0.2) is 135 Å². The Hall–Kier alpha value is -7.54. The number of carbonyl (C=O) groups excluding carboxylic acids is 8. The molecule has 15 N–H and O–H groups in total. The quantitative estimate of drug-likeness (QED) is 0.0435. The molecule has 0 unspecified atom stereocenters. The summed E-state index contributed by atoms with van der Waals surface area (Å²) in [5.41, 5.74) is 21.4. The number of carbonyl (C=O) groups is 8. The number of aliphatic hydroxyl groups is 1. The van der Waals surface area contributed by atoms with Gasteiger partial charge in [-0.05, 0) is 108 Å². The van der Waals surface area contributed by atoms with Gasteiger partial charge in [0.05, 0.1) is 12.1 Å². The molecule has 436 valence electrons. The van der Waals surface area contributed by atoms with Crippen molar-refractivity contribution in [3.05, 3.63) is 149 Å². The summed E-state index contributed by atoms with van der Waals surface area (Å²) in [6.07, 6.45) is 2.07. The predicted molar refractivity (Wildman–Crippen MR) is 320 cm³/mol. The number of nitrogens with one attached hydrogen (secondary N) is 8. The number of rotatable bonds is 18. The maximum Gasteiger partial charge on any atom is 0.245 e. The molecule has 0 saturated carbocycles. The number of halogens is 1. The number of hydrogen-bond donors (Lipinski definition) is 12. The number of nitrogens with zero attached hydrogens (tertiary/aromatic N) is 1. The second-order valence-corrected chi connectivity index (χ2v) is 22.8. The lowest BCUT2D eigenvalue weighted by atomic mass is 10.0. The molecular weight excluding hydrogens is 1110 g/mol. The normalized spacial score (nSPS) is 20.8. The van der Waals surface area contributed by atoms with Crippen LogP contribution >= 0.6 is 33.2 Å². The number of benzene rings is 4. The Balaban J connectivity index is 0.0000108. The van der Waals surface area contributed by atoms with Gasteiger partial charge in [-0.1, -0.05) is 113 Å². The van der Waals surface area contributed by atoms with Gasteiger partial charge in [0.2, 0.25) is 47.3 Å². The second kappa shape index (κ2) is 31.0. The maximum atomic E-state index is 14.8. The maximum absolute atomic E-state index is 14.8. The number of hydrogen-bond acceptors (Lipinski definition) is 14. The number of para-hydroxylation sites is 1. The summed E-state index contributed by atoms with van der Waals surface area (Å²) in [5, 5.41) is 33.2. The zero-order chi connectivity index (χ0) is 58.0. The third-order valence-corrected chi connectivity index (χ3v) is 16.2. The highest BCUT2D eigenvalue weighted by molar-refractivity contribution is 8.76. The molecule has 2 aromatic heterocycles. The van der Waals surface area contributed by atoms with E-state index in [-0.39, 0.29) is 57.6 Å². The molecule has 1 aliphatic rings. The summed E-state index contributed by atoms with van der Waals surface area (Å²) in [7, 11) is 2.03. The van der Waals surface area contributed by atoms with Crippen molar-refractivity contribution in [2.24, 2.45) is 17.2 Å². The van der Waals surface area contributed by atoms with Crippen molar-refractivity contribution >= 4 is 102 Å². The number of aromatic amines is 1. The minimum absolute atomic E-state index is 0. The van der Waals surface area contributed by atoms with E-state index in [2.05, 4.69) is 47.2 Å². The number of amides is 8. The van der Waals surface area contributed by atoms with Gasteiger partial charge < -0.3 is 64.5 Å². The van der Waals surface area contributed by atoms with Gasteiger partial charge in [0.1, 0.15) is 42.3 Å². The lowest BCUT2D eigenvalue weighted by molar-refractivity contribution is -0.136. The van der Waals surface area contributed by atoms with Crippen LogP contribution in [0.25, 0.3) is 21.7 Å². The molecule has 4 aromatic carbocycles. The van der Waals surface area contributed by atoms with Gasteiger partial charge in [-0.15, -0.1) is 0 Å². The fraction of sp³-hybridized carbons (Fsp3) is 0.362. The number of aliphatic hydroxyl groups excluding tert-OH is 1. The molecule has 24 heteroatoms. The van der Waals surface area contributed by atoms with Crippen molar-refractivity contribution in [3.8, 4) is 0 Å². The molecule has 0 bridgehead atoms. The molecule has 6 aromatic rings. The first-order chi connectivity index (χ1) is 38.9. The summed E-state index contributed by atoms with van der Waals surface area (Å²) in [4.78, 5) is 122. The molecule has 0 spiro atoms. The Kier molecular flexibility index (Phi) is 24.1. The predicted octanol–water partition coefficient (Wildman–Crippen LogP) is 2.39. The van der Waals surface area contributed by atoms with Gasteiger partial charge in [0.15, 0.2) is 0 Å². The number of H-pyrrole nitrogens is 1. The first-order valence-corrected chi connectivity index (χ1v) is 29.3. The van der Waals surface area contributed by atoms with Gasteiger partial charge in [-0.25, -0.2) is 0 Å². The summed E-state index contributed by atoms with van der Waals surface area (Å²) >= 11 is 6.10. The summed E-state index contributed by atoms with van der Waals surface area (Å²) in [5.74, 6) is -7.17. The van der Waals surface area contributed by atoms with E-state index in [0.717, 1.165) is 43.3 Å². The number of aromatic nitrogens is 2. The number of primary amides is 1. The second-order valence-electron chi connectivity index (χ2n) is 19.8. The van der Waals surface area contributed by atoms with E-state index in [0.29, 0.717) is 40.2 Å². The molecule has 7 rings (SSSR count). The summed E-state index contributed by atoms with van der Waals surface area (Å²) in [6, 6.07) is 21.2. The zero-order valence-corrected chi connectivity index (χ0v) is 46.8. The van der Waals surface area contributed by atoms with E-state index in [1.54, 1.807) is 42.5 Å². The topological polar surface area (TPSA) is 348 Å². The molecule has 8 amide bonds. The minimum Gasteiger partial charge on any atom is -0.391 e. The molecule has 1 fully saturated rings. The van der Waals surface area contributed by atoms with Gasteiger partial charge in [0, 0.05) is 59.4 Å². The van der Waals surface area contributed by atoms with Crippen LogP contribution in [0.15, 0.2) is 122 Å². The van der Waals surface area contributed by atoms with Crippen molar-refractivity contribution in [2.45, 2.75) is 114 Å². The van der Waals surface area contributed by atoms with Gasteiger partial charge in [-0.3, -0.25) is 43.3 Å². The SMILES string of the molecule is C.C[C@@H](O)[C@@H]1NC(=O)[C@H](CCCCN)NC(=O)[C@@H](Cc2cc3ccccc3[nH]2)NC(=O)[C@H](Cc2ccncc2)NC(=O)[C@H](NC(=O)[C@@H](N)Cc2ccc(Cl)cc2)CSSC[C@@H](C(=O)N[C@@H](Cc2ccc3ccccc3c2)C(N)=O)NC1=O. The Bertz CT molecular complexity index is 3140. The van der Waals surface area contributed by atoms with Crippen LogP contribution in [0.2, 0.25) is 5.02 Å². The standard InChI is InChI=1S/C57H67ClN12O9S2.CH4/c1-32(71)49-57(79)69-48(55(77)65-44(50(61)72)27-35-13-16-36-8-2-3-9-37(36)24-35)31-81-80-30-47(68-51(73)41(60)25-33-14-17-39(58)18-15-33)56(78)66-45(26-34-19-22-62-23-20-34)53(75)67-46(29-40-28-38-10-4-5-11-42(38)63-40)54(76)64-43(52(74)70-49)12-6-7-21-59;/h2-5,8-11,13-20,22-24,28,32,41,43-49,63,71H,6-7,12,21,25-27,29-31,59-60H2,1H3,(H2,61,72)(H,64,76)(H,65,77)(H,66,78)(H,67,75)(H,68,73)(H,69,79)(H,70,74);1H4/t32-,41+,43+,44+,45+,46-,47-,48+,49+;/m1./s1. The highest BCUT2D eigenvalue weighted by Crippen LogP contribution is 2.25. The Labute approximate surface area is 488 Å². The fourth-order valence-corrected chi connectivity index (χ4v) is 11.5. The lowest BCUT2D eigenvalue weighted by Gasteiger charge is -2.29. The molecular formula is C58H71ClN12O9S2. The van der Waals surface area contributed by atoms with Crippen molar-refractivity contribution in [2.75, 3.05) is 18.1 Å². The van der Waals surface area contributed by atoms with E-state index >= 15 is 0 Å². The molecule has 1 aliphatic heterocycles.